The van der Waals surface area contributed by atoms with Crippen LogP contribution >= 0.6 is 0 Å². The number of benzene rings is 1. The Balaban J connectivity index is 2.00. The number of rotatable bonds is 3. The maximum atomic E-state index is 11.0. The van der Waals surface area contributed by atoms with Crippen LogP contribution in [0, 0.1) is 18.3 Å². The number of fused-ring (bicyclic) bond motifs is 1. The first kappa shape index (κ1) is 13.0. The van der Waals surface area contributed by atoms with E-state index in [1.54, 1.807) is 13.0 Å². The van der Waals surface area contributed by atoms with Gasteiger partial charge >= 0.3 is 5.97 Å². The van der Waals surface area contributed by atoms with Crippen LogP contribution in [-0.2, 0) is 6.54 Å². The Morgan fingerprint density at radius 2 is 2.19 bits per heavy atom. The van der Waals surface area contributed by atoms with Crippen molar-refractivity contribution in [1.29, 1.82) is 5.26 Å². The highest BCUT2D eigenvalue weighted by Gasteiger charge is 2.14. The molecular formula is C16H12N2O3. The molecule has 0 unspecified atom stereocenters. The monoisotopic (exact) mass is 280 g/mol. The van der Waals surface area contributed by atoms with Gasteiger partial charge in [-0.15, -0.1) is 0 Å². The van der Waals surface area contributed by atoms with Crippen LogP contribution in [0.1, 0.15) is 27.4 Å². The zero-order valence-electron chi connectivity index (χ0n) is 11.3. The van der Waals surface area contributed by atoms with Crippen molar-refractivity contribution in [3.05, 3.63) is 59.2 Å². The highest BCUT2D eigenvalue weighted by molar-refractivity contribution is 5.88. The van der Waals surface area contributed by atoms with E-state index in [9.17, 15) is 4.79 Å². The molecule has 0 spiro atoms. The average Bonchev–Trinajstić information content (AvgIpc) is 3.03. The third-order valence-electron chi connectivity index (χ3n) is 3.43. The number of aromatic nitrogens is 1. The summed E-state index contributed by atoms with van der Waals surface area (Å²) >= 11 is 0. The van der Waals surface area contributed by atoms with Crippen LogP contribution in [-0.4, -0.2) is 15.6 Å². The number of nitriles is 1. The first-order valence-electron chi connectivity index (χ1n) is 6.40. The van der Waals surface area contributed by atoms with Crippen molar-refractivity contribution in [2.45, 2.75) is 13.5 Å². The topological polar surface area (TPSA) is 79.2 Å². The van der Waals surface area contributed by atoms with Crippen LogP contribution in [0.3, 0.4) is 0 Å². The zero-order chi connectivity index (χ0) is 15.0. The van der Waals surface area contributed by atoms with Crippen LogP contribution in [0.15, 0.2) is 40.9 Å². The minimum atomic E-state index is -0.994. The number of aryl methyl sites for hydroxylation is 1. The Bertz CT molecular complexity index is 881. The maximum absolute atomic E-state index is 11.0. The number of hydrogen-bond donors (Lipinski definition) is 1. The molecule has 0 aliphatic rings. The Morgan fingerprint density at radius 1 is 1.38 bits per heavy atom. The van der Waals surface area contributed by atoms with Crippen LogP contribution in [0.2, 0.25) is 0 Å². The number of hydrogen-bond acceptors (Lipinski definition) is 3. The summed E-state index contributed by atoms with van der Waals surface area (Å²) in [5, 5.41) is 19.0. The van der Waals surface area contributed by atoms with Gasteiger partial charge in [0.25, 0.3) is 0 Å². The third kappa shape index (κ3) is 2.28. The molecule has 0 saturated heterocycles. The fourth-order valence-electron chi connectivity index (χ4n) is 2.39. The molecule has 0 aliphatic carbocycles. The van der Waals surface area contributed by atoms with Crippen molar-refractivity contribution in [1.82, 2.24) is 4.57 Å². The Morgan fingerprint density at radius 3 is 2.86 bits per heavy atom. The molecule has 0 saturated carbocycles. The molecule has 0 atom stereocenters. The zero-order valence-corrected chi connectivity index (χ0v) is 11.3. The fraction of sp³-hybridized carbons (Fsp3) is 0.125. The summed E-state index contributed by atoms with van der Waals surface area (Å²) in [7, 11) is 0. The smallest absolute Gasteiger partial charge is 0.339 e. The van der Waals surface area contributed by atoms with E-state index >= 15 is 0 Å². The second kappa shape index (κ2) is 4.84. The minimum Gasteiger partial charge on any atom is -0.478 e. The van der Waals surface area contributed by atoms with Crippen molar-refractivity contribution in [2.24, 2.45) is 0 Å². The molecular weight excluding hydrogens is 268 g/mol. The van der Waals surface area contributed by atoms with Gasteiger partial charge in [0.1, 0.15) is 17.1 Å². The van der Waals surface area contributed by atoms with Gasteiger partial charge in [-0.05, 0) is 36.6 Å². The maximum Gasteiger partial charge on any atom is 0.339 e. The standard InChI is InChI=1S/C16H12N2O3/c1-10-14(16(19)20)7-13(21-10)9-18-5-4-12-3-2-11(8-17)6-15(12)18/h2-7H,9H2,1H3,(H,19,20). The molecule has 3 rings (SSSR count). The van der Waals surface area contributed by atoms with E-state index in [1.165, 1.54) is 6.07 Å². The van der Waals surface area contributed by atoms with Crippen molar-refractivity contribution in [3.8, 4) is 6.07 Å². The van der Waals surface area contributed by atoms with Crippen molar-refractivity contribution >= 4 is 16.9 Å². The number of carboxylic acids is 1. The van der Waals surface area contributed by atoms with E-state index in [-0.39, 0.29) is 5.56 Å². The highest BCUT2D eigenvalue weighted by Crippen LogP contribution is 2.21. The quantitative estimate of drug-likeness (QED) is 0.799. The summed E-state index contributed by atoms with van der Waals surface area (Å²) in [6.45, 7) is 2.06. The van der Waals surface area contributed by atoms with Gasteiger partial charge in [0.2, 0.25) is 0 Å². The molecule has 21 heavy (non-hydrogen) atoms. The van der Waals surface area contributed by atoms with E-state index in [0.29, 0.717) is 23.6 Å². The van der Waals surface area contributed by atoms with Gasteiger partial charge in [-0.25, -0.2) is 4.79 Å². The van der Waals surface area contributed by atoms with Gasteiger partial charge in [-0.3, -0.25) is 0 Å². The molecule has 1 N–H and O–H groups in total. The number of carbonyl (C=O) groups is 1. The van der Waals surface area contributed by atoms with E-state index in [2.05, 4.69) is 6.07 Å². The van der Waals surface area contributed by atoms with Gasteiger partial charge in [-0.1, -0.05) is 6.07 Å². The number of nitrogens with zero attached hydrogens (tertiary/aromatic N) is 2. The molecule has 2 aromatic heterocycles. The molecule has 5 nitrogen and oxygen atoms in total. The largest absolute Gasteiger partial charge is 0.478 e. The summed E-state index contributed by atoms with van der Waals surface area (Å²) in [4.78, 5) is 11.0. The van der Waals surface area contributed by atoms with Gasteiger partial charge < -0.3 is 14.1 Å². The van der Waals surface area contributed by atoms with Crippen molar-refractivity contribution < 1.29 is 14.3 Å². The fourth-order valence-corrected chi connectivity index (χ4v) is 2.39. The minimum absolute atomic E-state index is 0.180. The lowest BCUT2D eigenvalue weighted by atomic mass is 10.2. The van der Waals surface area contributed by atoms with Crippen LogP contribution in [0.25, 0.3) is 10.9 Å². The van der Waals surface area contributed by atoms with Gasteiger partial charge in [0, 0.05) is 11.7 Å². The average molecular weight is 280 g/mol. The second-order valence-electron chi connectivity index (χ2n) is 4.82. The van der Waals surface area contributed by atoms with E-state index in [1.807, 2.05) is 29.0 Å². The van der Waals surface area contributed by atoms with Crippen LogP contribution < -0.4 is 0 Å². The molecule has 0 radical (unpaired) electrons. The van der Waals surface area contributed by atoms with Crippen molar-refractivity contribution in [2.75, 3.05) is 0 Å². The predicted octanol–water partition coefficient (Wildman–Crippen LogP) is 3.16. The van der Waals surface area contributed by atoms with E-state index in [0.717, 1.165) is 10.9 Å². The molecule has 3 aromatic rings. The molecule has 1 aromatic carbocycles. The first-order chi connectivity index (χ1) is 10.1. The Kier molecular flexibility index (Phi) is 2.99. The Hall–Kier alpha value is -3.00. The Labute approximate surface area is 120 Å². The van der Waals surface area contributed by atoms with Gasteiger partial charge in [0.15, 0.2) is 0 Å². The lowest BCUT2D eigenvalue weighted by Gasteiger charge is -2.03. The third-order valence-corrected chi connectivity index (χ3v) is 3.43. The summed E-state index contributed by atoms with van der Waals surface area (Å²) < 4.78 is 7.42. The van der Waals surface area contributed by atoms with Crippen LogP contribution in [0.5, 0.6) is 0 Å². The number of aromatic carboxylic acids is 1. The van der Waals surface area contributed by atoms with Crippen LogP contribution in [0.4, 0.5) is 0 Å². The summed E-state index contributed by atoms with van der Waals surface area (Å²) in [5.41, 5.74) is 1.68. The molecule has 0 aliphatic heterocycles. The lowest BCUT2D eigenvalue weighted by Crippen LogP contribution is -1.97. The molecule has 2 heterocycles. The molecule has 0 bridgehead atoms. The van der Waals surface area contributed by atoms with Gasteiger partial charge in [-0.2, -0.15) is 5.26 Å². The van der Waals surface area contributed by atoms with E-state index < -0.39 is 5.97 Å². The lowest BCUT2D eigenvalue weighted by molar-refractivity contribution is 0.0695. The SMILES string of the molecule is Cc1oc(Cn2ccc3ccc(C#N)cc32)cc1C(=O)O. The molecule has 104 valence electrons. The summed E-state index contributed by atoms with van der Waals surface area (Å²) in [5.74, 6) is -0.0249. The predicted molar refractivity (Wildman–Crippen MR) is 76.2 cm³/mol. The number of furan rings is 1. The molecule has 0 fully saturated rings. The van der Waals surface area contributed by atoms with E-state index in [4.69, 9.17) is 14.8 Å². The van der Waals surface area contributed by atoms with Crippen molar-refractivity contribution in [3.63, 3.8) is 0 Å². The first-order valence-corrected chi connectivity index (χ1v) is 6.40. The number of carboxylic acid groups (broad SMARTS) is 1. The highest BCUT2D eigenvalue weighted by atomic mass is 16.4. The summed E-state index contributed by atoms with van der Waals surface area (Å²) in [6, 6.07) is 11.1. The molecule has 0 amide bonds. The second-order valence-corrected chi connectivity index (χ2v) is 4.82. The molecule has 5 heteroatoms. The van der Waals surface area contributed by atoms with Gasteiger partial charge in [0.05, 0.1) is 18.2 Å². The normalized spacial score (nSPS) is 10.7. The summed E-state index contributed by atoms with van der Waals surface area (Å²) in [6.07, 6.45) is 1.89.